The summed E-state index contributed by atoms with van der Waals surface area (Å²) in [6.07, 6.45) is 0.562. The van der Waals surface area contributed by atoms with Crippen molar-refractivity contribution in [3.8, 4) is 17.2 Å². The zero-order chi connectivity index (χ0) is 27.4. The number of hydrogen-bond acceptors (Lipinski definition) is 7. The number of methoxy groups -OCH3 is 3. The number of aliphatic hydroxyl groups excluding tert-OH is 1. The summed E-state index contributed by atoms with van der Waals surface area (Å²) in [4.78, 5) is 28.2. The van der Waals surface area contributed by atoms with Crippen LogP contribution in [0.4, 0.5) is 0 Å². The molecule has 1 amide bonds. The number of hydrogen-bond donors (Lipinski definition) is 1. The number of likely N-dealkylation sites (tertiary alicyclic amines) is 1. The lowest BCUT2D eigenvalue weighted by Crippen LogP contribution is -2.31. The van der Waals surface area contributed by atoms with Crippen LogP contribution in [0.2, 0.25) is 0 Å². The third kappa shape index (κ3) is 5.17. The van der Waals surface area contributed by atoms with E-state index in [1.54, 1.807) is 24.3 Å². The van der Waals surface area contributed by atoms with Crippen LogP contribution in [0.15, 0.2) is 60.2 Å². The number of ketones is 1. The van der Waals surface area contributed by atoms with Gasteiger partial charge in [0.1, 0.15) is 5.76 Å². The van der Waals surface area contributed by atoms with Crippen LogP contribution >= 0.6 is 0 Å². The molecule has 0 aliphatic carbocycles. The maximum Gasteiger partial charge on any atom is 0.295 e. The van der Waals surface area contributed by atoms with Crippen LogP contribution in [-0.2, 0) is 14.3 Å². The molecule has 0 bridgehead atoms. The van der Waals surface area contributed by atoms with E-state index >= 15 is 0 Å². The highest BCUT2D eigenvalue weighted by atomic mass is 16.5. The lowest BCUT2D eigenvalue weighted by Gasteiger charge is -2.26. The van der Waals surface area contributed by atoms with Crippen LogP contribution < -0.4 is 14.2 Å². The van der Waals surface area contributed by atoms with E-state index < -0.39 is 17.7 Å². The van der Waals surface area contributed by atoms with E-state index in [9.17, 15) is 14.7 Å². The second kappa shape index (κ2) is 11.6. The van der Waals surface area contributed by atoms with E-state index in [1.165, 1.54) is 26.2 Å². The Kier molecular flexibility index (Phi) is 8.22. The zero-order valence-electron chi connectivity index (χ0n) is 22.3. The number of nitrogens with zero attached hydrogens (tertiary/aromatic N) is 1. The van der Waals surface area contributed by atoms with Gasteiger partial charge in [0.05, 0.1) is 39.0 Å². The van der Waals surface area contributed by atoms with Crippen LogP contribution in [0.1, 0.15) is 37.4 Å². The molecule has 1 atom stereocenters. The molecule has 1 heterocycles. The molecule has 8 heteroatoms. The lowest BCUT2D eigenvalue weighted by molar-refractivity contribution is -0.140. The van der Waals surface area contributed by atoms with E-state index in [2.05, 4.69) is 0 Å². The largest absolute Gasteiger partial charge is 0.507 e. The summed E-state index contributed by atoms with van der Waals surface area (Å²) in [6.45, 7) is 4.55. The first kappa shape index (κ1) is 27.0. The van der Waals surface area contributed by atoms with Crippen LogP contribution in [0.5, 0.6) is 17.2 Å². The molecule has 8 nitrogen and oxygen atoms in total. The smallest absolute Gasteiger partial charge is 0.295 e. The summed E-state index contributed by atoms with van der Waals surface area (Å²) < 4.78 is 22.2. The molecule has 4 rings (SSSR count). The molecule has 1 saturated heterocycles. The van der Waals surface area contributed by atoms with Crippen molar-refractivity contribution in [1.82, 2.24) is 4.90 Å². The first-order chi connectivity index (χ1) is 18.3. The van der Waals surface area contributed by atoms with Gasteiger partial charge in [-0.3, -0.25) is 9.59 Å². The summed E-state index contributed by atoms with van der Waals surface area (Å²) in [7, 11) is 4.49. The summed E-state index contributed by atoms with van der Waals surface area (Å²) in [6, 6.07) is 15.7. The summed E-state index contributed by atoms with van der Waals surface area (Å²) in [5.74, 6) is -0.540. The minimum atomic E-state index is -0.866. The highest BCUT2D eigenvalue weighted by Crippen LogP contribution is 2.45. The fourth-order valence-electron chi connectivity index (χ4n) is 4.76. The lowest BCUT2D eigenvalue weighted by atomic mass is 9.94. The minimum Gasteiger partial charge on any atom is -0.507 e. The molecule has 0 aromatic heterocycles. The third-order valence-electron chi connectivity index (χ3n) is 6.56. The Morgan fingerprint density at radius 1 is 0.921 bits per heavy atom. The molecule has 1 unspecified atom stereocenters. The quantitative estimate of drug-likeness (QED) is 0.172. The van der Waals surface area contributed by atoms with Crippen molar-refractivity contribution < 1.29 is 33.6 Å². The average molecular weight is 520 g/mol. The second-order valence-electron chi connectivity index (χ2n) is 9.29. The molecular weight excluding hydrogens is 486 g/mol. The Hall–Kier alpha value is -4.04. The van der Waals surface area contributed by atoms with Gasteiger partial charge in [0.25, 0.3) is 11.7 Å². The van der Waals surface area contributed by atoms with Crippen LogP contribution in [0.3, 0.4) is 0 Å². The van der Waals surface area contributed by atoms with Gasteiger partial charge in [0.2, 0.25) is 5.75 Å². The third-order valence-corrected chi connectivity index (χ3v) is 6.56. The Morgan fingerprint density at radius 3 is 2.18 bits per heavy atom. The molecule has 1 N–H and O–H groups in total. The van der Waals surface area contributed by atoms with Gasteiger partial charge in [-0.25, -0.2) is 0 Å². The molecule has 0 radical (unpaired) electrons. The summed E-state index contributed by atoms with van der Waals surface area (Å²) in [5, 5.41) is 13.4. The highest BCUT2D eigenvalue weighted by molar-refractivity contribution is 6.46. The van der Waals surface area contributed by atoms with Crippen LogP contribution in [0.25, 0.3) is 16.5 Å². The van der Waals surface area contributed by atoms with Gasteiger partial charge in [-0.15, -0.1) is 0 Å². The SMILES string of the molecule is COc1cc(C2/C(=C(\O)c3ccc4ccccc4c3)C(=O)C(=O)N2CCCOC(C)C)cc(OC)c1OC. The van der Waals surface area contributed by atoms with E-state index in [1.807, 2.05) is 44.2 Å². The molecule has 3 aromatic rings. The van der Waals surface area contributed by atoms with Gasteiger partial charge in [-0.1, -0.05) is 36.4 Å². The van der Waals surface area contributed by atoms with Crippen molar-refractivity contribution in [3.05, 3.63) is 71.3 Å². The number of carbonyl (C=O) groups is 2. The number of aliphatic hydroxyl groups is 1. The Balaban J connectivity index is 1.87. The van der Waals surface area contributed by atoms with E-state index in [0.717, 1.165) is 10.8 Å². The van der Waals surface area contributed by atoms with Crippen LogP contribution in [0, 0.1) is 0 Å². The fourth-order valence-corrected chi connectivity index (χ4v) is 4.76. The van der Waals surface area contributed by atoms with Crippen molar-refractivity contribution in [1.29, 1.82) is 0 Å². The number of Topliss-reactive ketones (excluding diaryl/α,β-unsaturated/α-hetero) is 1. The minimum absolute atomic E-state index is 0.00401. The van der Waals surface area contributed by atoms with Crippen molar-refractivity contribution >= 4 is 28.2 Å². The van der Waals surface area contributed by atoms with Crippen LogP contribution in [-0.4, -0.2) is 62.3 Å². The Bertz CT molecular complexity index is 1350. The molecule has 1 aliphatic rings. The summed E-state index contributed by atoms with van der Waals surface area (Å²) in [5.41, 5.74) is 0.998. The molecule has 0 spiro atoms. The van der Waals surface area contributed by atoms with Gasteiger partial charge in [0.15, 0.2) is 11.5 Å². The molecule has 3 aromatic carbocycles. The molecule has 0 saturated carbocycles. The monoisotopic (exact) mass is 519 g/mol. The maximum absolute atomic E-state index is 13.4. The first-order valence-corrected chi connectivity index (χ1v) is 12.5. The maximum atomic E-state index is 13.4. The number of rotatable bonds is 10. The molecule has 1 aliphatic heterocycles. The topological polar surface area (TPSA) is 94.5 Å². The normalized spacial score (nSPS) is 16.9. The van der Waals surface area contributed by atoms with Gasteiger partial charge in [-0.2, -0.15) is 0 Å². The number of fused-ring (bicyclic) bond motifs is 1. The van der Waals surface area contributed by atoms with Crippen molar-refractivity contribution in [2.24, 2.45) is 0 Å². The van der Waals surface area contributed by atoms with Gasteiger partial charge in [-0.05, 0) is 54.8 Å². The standard InChI is InChI=1S/C30H33NO7/c1-18(2)38-14-8-13-31-26(22-16-23(35-3)29(37-5)24(17-22)36-4)25(28(33)30(31)34)27(32)21-12-11-19-9-6-7-10-20(19)15-21/h6-7,9-12,15-18,26,32H,8,13-14H2,1-5H3/b27-25+. The van der Waals surface area contributed by atoms with E-state index in [0.29, 0.717) is 41.4 Å². The molecule has 38 heavy (non-hydrogen) atoms. The number of ether oxygens (including phenoxy) is 4. The zero-order valence-corrected chi connectivity index (χ0v) is 22.3. The van der Waals surface area contributed by atoms with Crippen molar-refractivity contribution in [2.45, 2.75) is 32.4 Å². The highest BCUT2D eigenvalue weighted by Gasteiger charge is 2.46. The predicted molar refractivity (Wildman–Crippen MR) is 145 cm³/mol. The van der Waals surface area contributed by atoms with E-state index in [4.69, 9.17) is 18.9 Å². The van der Waals surface area contributed by atoms with Gasteiger partial charge >= 0.3 is 0 Å². The molecule has 1 fully saturated rings. The van der Waals surface area contributed by atoms with Gasteiger partial charge in [0, 0.05) is 18.7 Å². The predicted octanol–water partition coefficient (Wildman–Crippen LogP) is 5.10. The first-order valence-electron chi connectivity index (χ1n) is 12.5. The molecule has 200 valence electrons. The Labute approximate surface area is 222 Å². The van der Waals surface area contributed by atoms with Gasteiger partial charge < -0.3 is 29.0 Å². The van der Waals surface area contributed by atoms with E-state index in [-0.39, 0.29) is 24.0 Å². The van der Waals surface area contributed by atoms with Crippen molar-refractivity contribution in [2.75, 3.05) is 34.5 Å². The number of benzene rings is 3. The summed E-state index contributed by atoms with van der Waals surface area (Å²) >= 11 is 0. The number of carbonyl (C=O) groups excluding carboxylic acids is 2. The molecular formula is C30H33NO7. The van der Waals surface area contributed by atoms with Crippen molar-refractivity contribution in [3.63, 3.8) is 0 Å². The fraction of sp³-hybridized carbons (Fsp3) is 0.333. The average Bonchev–Trinajstić information content (AvgIpc) is 3.18. The number of amides is 1. The second-order valence-corrected chi connectivity index (χ2v) is 9.29. The Morgan fingerprint density at radius 2 is 1.58 bits per heavy atom.